The maximum atomic E-state index is 12.5. The minimum atomic E-state index is -0.841. The summed E-state index contributed by atoms with van der Waals surface area (Å²) in [6, 6.07) is 7.26. The first kappa shape index (κ1) is 18.1. The lowest BCUT2D eigenvalue weighted by atomic mass is 10.0. The van der Waals surface area contributed by atoms with Crippen molar-refractivity contribution in [3.8, 4) is 11.5 Å². The number of hydrogen-bond acceptors (Lipinski definition) is 4. The van der Waals surface area contributed by atoms with Crippen molar-refractivity contribution in [3.05, 3.63) is 24.3 Å². The third-order valence-electron chi connectivity index (χ3n) is 4.36. The average molecular weight is 334 g/mol. The summed E-state index contributed by atoms with van der Waals surface area (Å²) in [5, 5.41) is 2.83. The molecule has 6 heteroatoms. The molecule has 0 bridgehead atoms. The topological polar surface area (TPSA) is 67.9 Å². The highest BCUT2D eigenvalue weighted by atomic mass is 16.5. The Kier molecular flexibility index (Phi) is 6.06. The van der Waals surface area contributed by atoms with E-state index in [1.54, 1.807) is 12.0 Å². The summed E-state index contributed by atoms with van der Waals surface area (Å²) in [7, 11) is 1.61. The van der Waals surface area contributed by atoms with Gasteiger partial charge >= 0.3 is 0 Å². The third-order valence-corrected chi connectivity index (χ3v) is 4.36. The van der Waals surface area contributed by atoms with Gasteiger partial charge in [0.2, 0.25) is 11.8 Å². The zero-order chi connectivity index (χ0) is 17.6. The fourth-order valence-electron chi connectivity index (χ4n) is 2.65. The molecule has 2 amide bonds. The number of nitrogens with zero attached hydrogens (tertiary/aromatic N) is 1. The van der Waals surface area contributed by atoms with Gasteiger partial charge in [0, 0.05) is 13.1 Å². The minimum absolute atomic E-state index is 0.0546. The number of methoxy groups -OCH3 is 1. The van der Waals surface area contributed by atoms with Crippen molar-refractivity contribution in [2.75, 3.05) is 33.4 Å². The standard InChI is InChI=1S/C18H26N2O4/c1-4-20(5-2)17(22)18(10-11-18)16(21)19-12-13-24-15-8-6-14(23-3)7-9-15/h6-9H,4-5,10-13H2,1-3H3,(H,19,21). The second-order valence-electron chi connectivity index (χ2n) is 5.84. The Balaban J connectivity index is 1.77. The second kappa shape index (κ2) is 8.04. The zero-order valence-corrected chi connectivity index (χ0v) is 14.6. The molecule has 24 heavy (non-hydrogen) atoms. The monoisotopic (exact) mass is 334 g/mol. The smallest absolute Gasteiger partial charge is 0.238 e. The lowest BCUT2D eigenvalue weighted by molar-refractivity contribution is -0.144. The highest BCUT2D eigenvalue weighted by Crippen LogP contribution is 2.47. The van der Waals surface area contributed by atoms with Crippen LogP contribution in [-0.4, -0.2) is 50.1 Å². The van der Waals surface area contributed by atoms with Crippen LogP contribution in [0.5, 0.6) is 11.5 Å². The first-order chi connectivity index (χ1) is 11.6. The van der Waals surface area contributed by atoms with Crippen molar-refractivity contribution in [1.82, 2.24) is 10.2 Å². The second-order valence-corrected chi connectivity index (χ2v) is 5.84. The van der Waals surface area contributed by atoms with Crippen molar-refractivity contribution < 1.29 is 19.1 Å². The average Bonchev–Trinajstić information content (AvgIpc) is 3.42. The summed E-state index contributed by atoms with van der Waals surface area (Å²) in [4.78, 5) is 26.6. The van der Waals surface area contributed by atoms with E-state index in [2.05, 4.69) is 5.32 Å². The molecule has 0 unspecified atom stereocenters. The van der Waals surface area contributed by atoms with Crippen LogP contribution in [0, 0.1) is 5.41 Å². The Morgan fingerprint density at radius 1 is 1.12 bits per heavy atom. The first-order valence-electron chi connectivity index (χ1n) is 8.42. The molecule has 2 rings (SSSR count). The van der Waals surface area contributed by atoms with E-state index >= 15 is 0 Å². The molecule has 1 aromatic rings. The molecule has 0 radical (unpaired) electrons. The number of amides is 2. The number of hydrogen-bond donors (Lipinski definition) is 1. The van der Waals surface area contributed by atoms with Crippen molar-refractivity contribution >= 4 is 11.8 Å². The van der Waals surface area contributed by atoms with Crippen molar-refractivity contribution in [3.63, 3.8) is 0 Å². The largest absolute Gasteiger partial charge is 0.497 e. The van der Waals surface area contributed by atoms with Crippen LogP contribution in [0.4, 0.5) is 0 Å². The molecule has 1 aliphatic rings. The molecule has 0 spiro atoms. The van der Waals surface area contributed by atoms with Gasteiger partial charge in [0.25, 0.3) is 0 Å². The van der Waals surface area contributed by atoms with Gasteiger partial charge in [-0.25, -0.2) is 0 Å². The fourth-order valence-corrected chi connectivity index (χ4v) is 2.65. The molecule has 1 fully saturated rings. The summed E-state index contributed by atoms with van der Waals surface area (Å²) in [5.41, 5.74) is -0.841. The number of ether oxygens (including phenoxy) is 2. The summed E-state index contributed by atoms with van der Waals surface area (Å²) < 4.78 is 10.7. The zero-order valence-electron chi connectivity index (χ0n) is 14.6. The molecule has 0 atom stereocenters. The van der Waals surface area contributed by atoms with Crippen molar-refractivity contribution in [2.24, 2.45) is 5.41 Å². The van der Waals surface area contributed by atoms with E-state index < -0.39 is 5.41 Å². The molecule has 0 heterocycles. The van der Waals surface area contributed by atoms with Crippen LogP contribution in [0.15, 0.2) is 24.3 Å². The van der Waals surface area contributed by atoms with Crippen LogP contribution in [-0.2, 0) is 9.59 Å². The molecular formula is C18H26N2O4. The molecule has 0 aromatic heterocycles. The molecule has 0 aliphatic heterocycles. The van der Waals surface area contributed by atoms with E-state index in [9.17, 15) is 9.59 Å². The van der Waals surface area contributed by atoms with Gasteiger partial charge in [-0.05, 0) is 51.0 Å². The Bertz CT molecular complexity index is 563. The van der Waals surface area contributed by atoms with Crippen molar-refractivity contribution in [1.29, 1.82) is 0 Å². The maximum absolute atomic E-state index is 12.5. The third kappa shape index (κ3) is 3.99. The molecular weight excluding hydrogens is 308 g/mol. The summed E-state index contributed by atoms with van der Waals surface area (Å²) in [6.45, 7) is 5.85. The summed E-state index contributed by atoms with van der Waals surface area (Å²) in [5.74, 6) is 1.24. The summed E-state index contributed by atoms with van der Waals surface area (Å²) in [6.07, 6.45) is 1.26. The van der Waals surface area contributed by atoms with Gasteiger partial charge in [-0.2, -0.15) is 0 Å². The summed E-state index contributed by atoms with van der Waals surface area (Å²) >= 11 is 0. The molecule has 132 valence electrons. The van der Waals surface area contributed by atoms with Crippen molar-refractivity contribution in [2.45, 2.75) is 26.7 Å². The molecule has 1 saturated carbocycles. The van der Waals surface area contributed by atoms with E-state index in [0.717, 1.165) is 5.75 Å². The van der Waals surface area contributed by atoms with Crippen LogP contribution in [0.3, 0.4) is 0 Å². The highest BCUT2D eigenvalue weighted by Gasteiger charge is 2.57. The molecule has 1 N–H and O–H groups in total. The number of carbonyl (C=O) groups excluding carboxylic acids is 2. The quantitative estimate of drug-likeness (QED) is 0.553. The lowest BCUT2D eigenvalue weighted by Gasteiger charge is -2.24. The highest BCUT2D eigenvalue weighted by molar-refractivity contribution is 6.07. The number of nitrogens with one attached hydrogen (secondary N) is 1. The van der Waals surface area contributed by atoms with Crippen LogP contribution in [0.25, 0.3) is 0 Å². The van der Waals surface area contributed by atoms with Gasteiger partial charge < -0.3 is 19.7 Å². The van der Waals surface area contributed by atoms with E-state index in [-0.39, 0.29) is 11.8 Å². The maximum Gasteiger partial charge on any atom is 0.238 e. The Hall–Kier alpha value is -2.24. The predicted molar refractivity (Wildman–Crippen MR) is 91.1 cm³/mol. The number of carbonyl (C=O) groups is 2. The van der Waals surface area contributed by atoms with Gasteiger partial charge in [-0.15, -0.1) is 0 Å². The van der Waals surface area contributed by atoms with Crippen LogP contribution < -0.4 is 14.8 Å². The molecule has 0 saturated heterocycles. The molecule has 6 nitrogen and oxygen atoms in total. The number of rotatable bonds is 9. The van der Waals surface area contributed by atoms with E-state index in [4.69, 9.17) is 9.47 Å². The van der Waals surface area contributed by atoms with E-state index in [1.165, 1.54) is 0 Å². The number of benzene rings is 1. The Labute approximate surface area is 143 Å². The Morgan fingerprint density at radius 3 is 2.21 bits per heavy atom. The van der Waals surface area contributed by atoms with Gasteiger partial charge in [0.1, 0.15) is 23.5 Å². The van der Waals surface area contributed by atoms with Gasteiger partial charge in [0.05, 0.1) is 13.7 Å². The fraction of sp³-hybridized carbons (Fsp3) is 0.556. The predicted octanol–water partition coefficient (Wildman–Crippen LogP) is 1.84. The van der Waals surface area contributed by atoms with E-state index in [1.807, 2.05) is 38.1 Å². The van der Waals surface area contributed by atoms with Crippen LogP contribution in [0.2, 0.25) is 0 Å². The minimum Gasteiger partial charge on any atom is -0.497 e. The van der Waals surface area contributed by atoms with Crippen LogP contribution in [0.1, 0.15) is 26.7 Å². The van der Waals surface area contributed by atoms with E-state index in [0.29, 0.717) is 44.8 Å². The molecule has 1 aliphatic carbocycles. The van der Waals surface area contributed by atoms with Crippen LogP contribution >= 0.6 is 0 Å². The SMILES string of the molecule is CCN(CC)C(=O)C1(C(=O)NCCOc2ccc(OC)cc2)CC1. The van der Waals surface area contributed by atoms with Gasteiger partial charge in [-0.1, -0.05) is 0 Å². The van der Waals surface area contributed by atoms with Gasteiger partial charge in [-0.3, -0.25) is 9.59 Å². The normalized spacial score (nSPS) is 14.6. The lowest BCUT2D eigenvalue weighted by Crippen LogP contribution is -2.46. The van der Waals surface area contributed by atoms with Gasteiger partial charge in [0.15, 0.2) is 0 Å². The molecule has 1 aromatic carbocycles. The Morgan fingerprint density at radius 2 is 1.71 bits per heavy atom. The first-order valence-corrected chi connectivity index (χ1v) is 8.42.